The van der Waals surface area contributed by atoms with Crippen LogP contribution in [0.15, 0.2) is 48.5 Å². The number of benzene rings is 2. The van der Waals surface area contributed by atoms with Crippen molar-refractivity contribution in [3.8, 4) is 11.5 Å². The van der Waals surface area contributed by atoms with Crippen LogP contribution in [0.3, 0.4) is 0 Å². The molecule has 0 aliphatic carbocycles. The van der Waals surface area contributed by atoms with Crippen LogP contribution in [0.2, 0.25) is 0 Å². The molecule has 0 N–H and O–H groups in total. The van der Waals surface area contributed by atoms with Gasteiger partial charge in [0.05, 0.1) is 0 Å². The molecular formula is C25H34N2O2. The average Bonchev–Trinajstić information content (AvgIpc) is 3.30. The molecule has 0 saturated carbocycles. The number of hydrogen-bond donors (Lipinski definition) is 0. The molecule has 0 spiro atoms. The van der Waals surface area contributed by atoms with Crippen LogP contribution >= 0.6 is 0 Å². The minimum absolute atomic E-state index is 0.0712. The summed E-state index contributed by atoms with van der Waals surface area (Å²) in [5, 5.41) is 0. The summed E-state index contributed by atoms with van der Waals surface area (Å²) in [6, 6.07) is 17.3. The van der Waals surface area contributed by atoms with Crippen LogP contribution in [0.5, 0.6) is 11.5 Å². The molecule has 4 heteroatoms. The van der Waals surface area contributed by atoms with Crippen LogP contribution in [0.1, 0.15) is 37.8 Å². The quantitative estimate of drug-likeness (QED) is 0.734. The third-order valence-corrected chi connectivity index (χ3v) is 6.45. The van der Waals surface area contributed by atoms with Gasteiger partial charge in [-0.3, -0.25) is 0 Å². The van der Waals surface area contributed by atoms with Crippen molar-refractivity contribution in [3.05, 3.63) is 59.7 Å². The molecule has 0 bridgehead atoms. The van der Waals surface area contributed by atoms with Gasteiger partial charge >= 0.3 is 0 Å². The van der Waals surface area contributed by atoms with Gasteiger partial charge in [0.1, 0.15) is 23.7 Å². The maximum Gasteiger partial charge on any atom is 0.119 e. The Bertz CT molecular complexity index is 733. The van der Waals surface area contributed by atoms with Crippen molar-refractivity contribution in [2.24, 2.45) is 0 Å². The molecule has 2 aromatic rings. The molecule has 0 amide bonds. The fraction of sp³-hybridized carbons (Fsp3) is 0.520. The molecule has 4 nitrogen and oxygen atoms in total. The molecule has 0 aromatic heterocycles. The van der Waals surface area contributed by atoms with E-state index in [9.17, 15) is 0 Å². The predicted octanol–water partition coefficient (Wildman–Crippen LogP) is 4.18. The molecule has 2 heterocycles. The highest BCUT2D eigenvalue weighted by molar-refractivity contribution is 5.42. The fourth-order valence-corrected chi connectivity index (χ4v) is 4.43. The van der Waals surface area contributed by atoms with E-state index in [-0.39, 0.29) is 5.41 Å². The highest BCUT2D eigenvalue weighted by Gasteiger charge is 2.25. The number of likely N-dealkylation sites (tertiary alicyclic amines) is 2. The molecule has 2 aliphatic heterocycles. The zero-order valence-electron chi connectivity index (χ0n) is 18.2. The van der Waals surface area contributed by atoms with E-state index in [0.29, 0.717) is 12.2 Å². The van der Waals surface area contributed by atoms with E-state index in [1.165, 1.54) is 11.1 Å². The Kier molecular flexibility index (Phi) is 5.84. The fourth-order valence-electron chi connectivity index (χ4n) is 4.43. The van der Waals surface area contributed by atoms with Crippen molar-refractivity contribution >= 4 is 0 Å². The highest BCUT2D eigenvalue weighted by atomic mass is 16.5. The third-order valence-electron chi connectivity index (χ3n) is 6.45. The van der Waals surface area contributed by atoms with E-state index in [2.05, 4.69) is 86.3 Å². The summed E-state index contributed by atoms with van der Waals surface area (Å²) < 4.78 is 12.3. The molecule has 2 aliphatic rings. The van der Waals surface area contributed by atoms with Crippen LogP contribution in [0.4, 0.5) is 0 Å². The van der Waals surface area contributed by atoms with Crippen LogP contribution in [-0.2, 0) is 5.41 Å². The van der Waals surface area contributed by atoms with Gasteiger partial charge in [0.25, 0.3) is 0 Å². The largest absolute Gasteiger partial charge is 0.489 e. The summed E-state index contributed by atoms with van der Waals surface area (Å²) in [6.45, 7) is 8.81. The number of ether oxygens (including phenoxy) is 2. The molecule has 4 rings (SSSR count). The second-order valence-electron chi connectivity index (χ2n) is 9.26. The smallest absolute Gasteiger partial charge is 0.119 e. The molecule has 0 radical (unpaired) electrons. The molecular weight excluding hydrogens is 360 g/mol. The van der Waals surface area contributed by atoms with Gasteiger partial charge in [0.15, 0.2) is 0 Å². The zero-order valence-corrected chi connectivity index (χ0v) is 18.2. The Labute approximate surface area is 175 Å². The molecule has 2 atom stereocenters. The summed E-state index contributed by atoms with van der Waals surface area (Å²) in [5.74, 6) is 1.94. The molecule has 2 fully saturated rings. The Hall–Kier alpha value is -2.04. The van der Waals surface area contributed by atoms with Crippen molar-refractivity contribution in [2.45, 2.75) is 44.3 Å². The SMILES string of the molecule is CN1CCC(Oc2ccc(C(C)(C)c3ccc(OC4CCN(C)C4)cc3)cc2)C1. The molecule has 2 saturated heterocycles. The maximum absolute atomic E-state index is 6.14. The first-order valence-corrected chi connectivity index (χ1v) is 10.8. The van der Waals surface area contributed by atoms with Gasteiger partial charge in [-0.05, 0) is 62.3 Å². The van der Waals surface area contributed by atoms with Crippen molar-refractivity contribution < 1.29 is 9.47 Å². The molecule has 29 heavy (non-hydrogen) atoms. The topological polar surface area (TPSA) is 24.9 Å². The number of nitrogens with zero attached hydrogens (tertiary/aromatic N) is 2. The van der Waals surface area contributed by atoms with Gasteiger partial charge in [-0.1, -0.05) is 38.1 Å². The predicted molar refractivity (Wildman–Crippen MR) is 118 cm³/mol. The maximum atomic E-state index is 6.14. The van der Waals surface area contributed by atoms with Crippen molar-refractivity contribution in [1.29, 1.82) is 0 Å². The first-order valence-electron chi connectivity index (χ1n) is 10.8. The minimum atomic E-state index is -0.0712. The Morgan fingerprint density at radius 1 is 0.690 bits per heavy atom. The first-order chi connectivity index (χ1) is 13.9. The van der Waals surface area contributed by atoms with Crippen molar-refractivity contribution in [1.82, 2.24) is 9.80 Å². The lowest BCUT2D eigenvalue weighted by molar-refractivity contribution is 0.208. The lowest BCUT2D eigenvalue weighted by atomic mass is 9.78. The Balaban J connectivity index is 1.40. The van der Waals surface area contributed by atoms with Gasteiger partial charge in [0, 0.05) is 31.6 Å². The number of rotatable bonds is 6. The molecule has 2 unspecified atom stereocenters. The highest BCUT2D eigenvalue weighted by Crippen LogP contribution is 2.34. The van der Waals surface area contributed by atoms with Crippen LogP contribution in [0, 0.1) is 0 Å². The second-order valence-corrected chi connectivity index (χ2v) is 9.26. The average molecular weight is 395 g/mol. The van der Waals surface area contributed by atoms with E-state index in [4.69, 9.17) is 9.47 Å². The van der Waals surface area contributed by atoms with E-state index in [1.54, 1.807) is 0 Å². The Morgan fingerprint density at radius 3 is 1.38 bits per heavy atom. The van der Waals surface area contributed by atoms with Crippen LogP contribution < -0.4 is 9.47 Å². The van der Waals surface area contributed by atoms with Gasteiger partial charge < -0.3 is 19.3 Å². The van der Waals surface area contributed by atoms with Crippen molar-refractivity contribution in [3.63, 3.8) is 0 Å². The summed E-state index contributed by atoms with van der Waals surface area (Å²) >= 11 is 0. The summed E-state index contributed by atoms with van der Waals surface area (Å²) in [4.78, 5) is 4.64. The summed E-state index contributed by atoms with van der Waals surface area (Å²) in [6.07, 6.45) is 2.84. The third kappa shape index (κ3) is 4.76. The van der Waals surface area contributed by atoms with Crippen molar-refractivity contribution in [2.75, 3.05) is 40.3 Å². The standard InChI is InChI=1S/C25H34N2O2/c1-25(2,19-5-9-21(10-6-19)28-23-13-15-26(3)17-23)20-7-11-22(12-8-20)29-24-14-16-27(4)18-24/h5-12,23-24H,13-18H2,1-4H3. The first kappa shape index (κ1) is 20.2. The van der Waals surface area contributed by atoms with Crippen LogP contribution in [0.25, 0.3) is 0 Å². The van der Waals surface area contributed by atoms with Crippen LogP contribution in [-0.4, -0.2) is 62.3 Å². The lowest BCUT2D eigenvalue weighted by Gasteiger charge is -2.27. The second kappa shape index (κ2) is 8.37. The number of hydrogen-bond acceptors (Lipinski definition) is 4. The van der Waals surface area contributed by atoms with E-state index in [1.807, 2.05) is 0 Å². The summed E-state index contributed by atoms with van der Waals surface area (Å²) in [7, 11) is 4.30. The normalized spacial score (nSPS) is 23.4. The number of likely N-dealkylation sites (N-methyl/N-ethyl adjacent to an activating group) is 2. The van der Waals surface area contributed by atoms with Gasteiger partial charge in [-0.15, -0.1) is 0 Å². The van der Waals surface area contributed by atoms with E-state index >= 15 is 0 Å². The Morgan fingerprint density at radius 2 is 1.07 bits per heavy atom. The lowest BCUT2D eigenvalue weighted by Crippen LogP contribution is -2.22. The molecule has 2 aromatic carbocycles. The minimum Gasteiger partial charge on any atom is -0.489 e. The molecule has 156 valence electrons. The zero-order chi connectivity index (χ0) is 20.4. The monoisotopic (exact) mass is 394 g/mol. The van der Waals surface area contributed by atoms with Gasteiger partial charge in [-0.25, -0.2) is 0 Å². The van der Waals surface area contributed by atoms with Gasteiger partial charge in [-0.2, -0.15) is 0 Å². The summed E-state index contributed by atoms with van der Waals surface area (Å²) in [5.41, 5.74) is 2.51. The van der Waals surface area contributed by atoms with E-state index in [0.717, 1.165) is 50.5 Å². The van der Waals surface area contributed by atoms with E-state index < -0.39 is 0 Å². The van der Waals surface area contributed by atoms with Gasteiger partial charge in [0.2, 0.25) is 0 Å².